The number of ether oxygens (including phenoxy) is 1. The lowest BCUT2D eigenvalue weighted by Crippen LogP contribution is -2.18. The van der Waals surface area contributed by atoms with Crippen LogP contribution in [-0.4, -0.2) is 18.3 Å². The fourth-order valence-corrected chi connectivity index (χ4v) is 2.10. The maximum atomic E-state index is 11.7. The molecule has 0 radical (unpaired) electrons. The lowest BCUT2D eigenvalue weighted by molar-refractivity contribution is 0.0989. The van der Waals surface area contributed by atoms with Crippen LogP contribution in [0, 0.1) is 0 Å². The number of hydrogen-bond acceptors (Lipinski definition) is 2. The molecule has 1 aromatic carbocycles. The smallest absolute Gasteiger partial charge is 0.164 e. The van der Waals surface area contributed by atoms with E-state index in [1.54, 1.807) is 0 Å². The molecule has 0 aliphatic carbocycles. The minimum absolute atomic E-state index is 0.00735. The lowest BCUT2D eigenvalue weighted by Gasteiger charge is -2.15. The number of carbonyl (C=O) groups excluding carboxylic acids is 1. The van der Waals surface area contributed by atoms with Gasteiger partial charge < -0.3 is 4.74 Å². The van der Waals surface area contributed by atoms with Crippen molar-refractivity contribution >= 4 is 17.4 Å². The van der Waals surface area contributed by atoms with Gasteiger partial charge in [0, 0.05) is 28.8 Å². The van der Waals surface area contributed by atoms with Crippen LogP contribution in [0.3, 0.4) is 0 Å². The number of fused-ring (bicyclic) bond motifs is 1. The van der Waals surface area contributed by atoms with E-state index in [1.165, 1.54) is 0 Å². The molecule has 2 nitrogen and oxygen atoms in total. The highest BCUT2D eigenvalue weighted by atomic mass is 35.5. The number of halogens is 1. The van der Waals surface area contributed by atoms with Crippen LogP contribution in [0.15, 0.2) is 18.2 Å². The van der Waals surface area contributed by atoms with Crippen molar-refractivity contribution in [2.24, 2.45) is 0 Å². The van der Waals surface area contributed by atoms with Crippen LogP contribution in [0.4, 0.5) is 0 Å². The van der Waals surface area contributed by atoms with Crippen molar-refractivity contribution in [3.05, 3.63) is 29.3 Å². The van der Waals surface area contributed by atoms with Gasteiger partial charge in [-0.15, -0.1) is 11.6 Å². The molecular weight excluding hydrogens is 224 g/mol. The summed E-state index contributed by atoms with van der Waals surface area (Å²) in [4.78, 5) is 11.7. The number of hydrogen-bond donors (Lipinski definition) is 0. The second-order valence-corrected chi connectivity index (χ2v) is 5.12. The lowest BCUT2D eigenvalue weighted by atomic mass is 9.85. The molecule has 0 N–H and O–H groups in total. The van der Waals surface area contributed by atoms with Gasteiger partial charge in [0.25, 0.3) is 0 Å². The van der Waals surface area contributed by atoms with Crippen molar-refractivity contribution in [2.75, 3.05) is 12.5 Å². The molecule has 1 aliphatic heterocycles. The number of carbonyl (C=O) groups is 1. The van der Waals surface area contributed by atoms with E-state index in [0.717, 1.165) is 16.9 Å². The molecule has 16 heavy (non-hydrogen) atoms. The molecule has 1 aromatic rings. The standard InChI is InChI=1S/C13H15ClO2/c1-13(2)8-16-12-4-3-9(7-10(12)13)11(15)5-6-14/h3-4,7H,5-6,8H2,1-2H3. The van der Waals surface area contributed by atoms with Gasteiger partial charge in [-0.25, -0.2) is 0 Å². The highest BCUT2D eigenvalue weighted by molar-refractivity contribution is 6.19. The molecule has 0 amide bonds. The monoisotopic (exact) mass is 238 g/mol. The van der Waals surface area contributed by atoms with Crippen molar-refractivity contribution < 1.29 is 9.53 Å². The van der Waals surface area contributed by atoms with Gasteiger partial charge in [0.1, 0.15) is 5.75 Å². The van der Waals surface area contributed by atoms with E-state index in [9.17, 15) is 4.79 Å². The Morgan fingerprint density at radius 2 is 2.25 bits per heavy atom. The van der Waals surface area contributed by atoms with E-state index in [4.69, 9.17) is 16.3 Å². The van der Waals surface area contributed by atoms with Crippen LogP contribution in [0.25, 0.3) is 0 Å². The number of rotatable bonds is 3. The summed E-state index contributed by atoms with van der Waals surface area (Å²) in [5, 5.41) is 0. The summed E-state index contributed by atoms with van der Waals surface area (Å²) in [6.45, 7) is 4.92. The van der Waals surface area contributed by atoms with Gasteiger partial charge in [-0.1, -0.05) is 13.8 Å². The van der Waals surface area contributed by atoms with Gasteiger partial charge in [0.2, 0.25) is 0 Å². The topological polar surface area (TPSA) is 26.3 Å². The third kappa shape index (κ3) is 1.94. The van der Waals surface area contributed by atoms with E-state index in [0.29, 0.717) is 18.9 Å². The van der Waals surface area contributed by atoms with Crippen molar-refractivity contribution in [1.82, 2.24) is 0 Å². The normalized spacial score (nSPS) is 16.7. The minimum Gasteiger partial charge on any atom is -0.492 e. The zero-order valence-corrected chi connectivity index (χ0v) is 10.3. The van der Waals surface area contributed by atoms with E-state index in [-0.39, 0.29) is 11.2 Å². The minimum atomic E-state index is -0.00735. The van der Waals surface area contributed by atoms with Gasteiger partial charge in [-0.2, -0.15) is 0 Å². The number of benzene rings is 1. The first kappa shape index (κ1) is 11.5. The third-order valence-corrected chi connectivity index (χ3v) is 3.13. The molecule has 1 heterocycles. The molecule has 1 aliphatic rings. The predicted octanol–water partition coefficient (Wildman–Crippen LogP) is 3.17. The molecule has 3 heteroatoms. The largest absolute Gasteiger partial charge is 0.492 e. The first-order valence-corrected chi connectivity index (χ1v) is 5.94. The molecule has 2 rings (SSSR count). The summed E-state index contributed by atoms with van der Waals surface area (Å²) in [6, 6.07) is 5.64. The molecule has 0 aromatic heterocycles. The van der Waals surface area contributed by atoms with E-state index >= 15 is 0 Å². The quantitative estimate of drug-likeness (QED) is 0.597. The van der Waals surface area contributed by atoms with Crippen molar-refractivity contribution in [3.63, 3.8) is 0 Å². The summed E-state index contributed by atoms with van der Waals surface area (Å²) in [5.74, 6) is 1.36. The maximum Gasteiger partial charge on any atom is 0.164 e. The van der Waals surface area contributed by atoms with E-state index in [1.807, 2.05) is 18.2 Å². The molecule has 0 unspecified atom stereocenters. The van der Waals surface area contributed by atoms with Crippen LogP contribution in [0.5, 0.6) is 5.75 Å². The summed E-state index contributed by atoms with van der Waals surface area (Å²) in [7, 11) is 0. The van der Waals surface area contributed by atoms with Crippen molar-refractivity contribution in [2.45, 2.75) is 25.7 Å². The Balaban J connectivity index is 2.36. The highest BCUT2D eigenvalue weighted by Crippen LogP contribution is 2.38. The van der Waals surface area contributed by atoms with Gasteiger partial charge in [-0.05, 0) is 18.2 Å². The number of Topliss-reactive ketones (excluding diaryl/α,β-unsaturated/α-hetero) is 1. The summed E-state index contributed by atoms with van der Waals surface area (Å²) < 4.78 is 5.57. The molecule has 0 atom stereocenters. The Morgan fingerprint density at radius 3 is 2.94 bits per heavy atom. The van der Waals surface area contributed by atoms with E-state index < -0.39 is 0 Å². The molecule has 0 saturated heterocycles. The zero-order chi connectivity index (χ0) is 11.8. The Morgan fingerprint density at radius 1 is 1.50 bits per heavy atom. The third-order valence-electron chi connectivity index (χ3n) is 2.94. The number of ketones is 1. The Kier molecular flexibility index (Phi) is 2.94. The van der Waals surface area contributed by atoms with E-state index in [2.05, 4.69) is 13.8 Å². The molecule has 0 saturated carbocycles. The summed E-state index contributed by atoms with van der Waals surface area (Å²) in [5.41, 5.74) is 1.85. The molecular formula is C13H15ClO2. The summed E-state index contributed by atoms with van der Waals surface area (Å²) >= 11 is 5.57. The van der Waals surface area contributed by atoms with Gasteiger partial charge in [0.05, 0.1) is 6.61 Å². The SMILES string of the molecule is CC1(C)COc2ccc(C(=O)CCCl)cc21. The molecule has 0 bridgehead atoms. The Hall–Kier alpha value is -1.02. The number of alkyl halides is 1. The zero-order valence-electron chi connectivity index (χ0n) is 9.55. The van der Waals surface area contributed by atoms with Crippen LogP contribution in [0.1, 0.15) is 36.2 Å². The fourth-order valence-electron chi connectivity index (χ4n) is 1.92. The maximum absolute atomic E-state index is 11.7. The van der Waals surface area contributed by atoms with Gasteiger partial charge in [-0.3, -0.25) is 4.79 Å². The first-order valence-electron chi connectivity index (χ1n) is 5.41. The first-order chi connectivity index (χ1) is 7.54. The summed E-state index contributed by atoms with van der Waals surface area (Å²) in [6.07, 6.45) is 0.391. The molecule has 86 valence electrons. The van der Waals surface area contributed by atoms with Crippen LogP contribution in [0.2, 0.25) is 0 Å². The second-order valence-electron chi connectivity index (χ2n) is 4.75. The Bertz CT molecular complexity index is 424. The van der Waals surface area contributed by atoms with Crippen molar-refractivity contribution in [3.8, 4) is 5.75 Å². The average Bonchev–Trinajstić information content (AvgIpc) is 2.55. The predicted molar refractivity (Wildman–Crippen MR) is 64.6 cm³/mol. The highest BCUT2D eigenvalue weighted by Gasteiger charge is 2.32. The molecule has 0 fully saturated rings. The second kappa shape index (κ2) is 4.10. The van der Waals surface area contributed by atoms with Crippen LogP contribution >= 0.6 is 11.6 Å². The van der Waals surface area contributed by atoms with Crippen LogP contribution in [-0.2, 0) is 5.41 Å². The average molecular weight is 239 g/mol. The fraction of sp³-hybridized carbons (Fsp3) is 0.462. The van der Waals surface area contributed by atoms with Crippen LogP contribution < -0.4 is 4.74 Å². The van der Waals surface area contributed by atoms with Gasteiger partial charge >= 0.3 is 0 Å². The van der Waals surface area contributed by atoms with Gasteiger partial charge in [0.15, 0.2) is 5.78 Å². The molecule has 0 spiro atoms. The van der Waals surface area contributed by atoms with Crippen molar-refractivity contribution in [1.29, 1.82) is 0 Å². The Labute approximate surface area is 101 Å².